The van der Waals surface area contributed by atoms with E-state index >= 15 is 0 Å². The summed E-state index contributed by atoms with van der Waals surface area (Å²) >= 11 is 0. The predicted octanol–water partition coefficient (Wildman–Crippen LogP) is 1.25. The van der Waals surface area contributed by atoms with Crippen LogP contribution in [0.2, 0.25) is 0 Å². The largest absolute Gasteiger partial charge is 0.493 e. The number of methoxy groups -OCH3 is 3. The SMILES string of the molecule is COc1cc(CC(O)C2=CC(=O)C=CC2=O)cc(OC)c1OC. The summed E-state index contributed by atoms with van der Waals surface area (Å²) in [7, 11) is 4.49. The Morgan fingerprint density at radius 3 is 2.13 bits per heavy atom. The lowest BCUT2D eigenvalue weighted by atomic mass is 9.94. The fraction of sp³-hybridized carbons (Fsp3) is 0.294. The Hall–Kier alpha value is -2.60. The van der Waals surface area contributed by atoms with E-state index in [4.69, 9.17) is 14.2 Å². The topological polar surface area (TPSA) is 82.1 Å². The number of ether oxygens (including phenoxy) is 3. The highest BCUT2D eigenvalue weighted by atomic mass is 16.5. The molecule has 1 aliphatic carbocycles. The minimum Gasteiger partial charge on any atom is -0.493 e. The van der Waals surface area contributed by atoms with Gasteiger partial charge in [-0.2, -0.15) is 0 Å². The van der Waals surface area contributed by atoms with E-state index in [9.17, 15) is 14.7 Å². The molecule has 23 heavy (non-hydrogen) atoms. The third-order valence-electron chi connectivity index (χ3n) is 3.49. The molecule has 0 aliphatic heterocycles. The lowest BCUT2D eigenvalue weighted by Crippen LogP contribution is -2.22. The Bertz CT molecular complexity index is 661. The highest BCUT2D eigenvalue weighted by Crippen LogP contribution is 2.38. The maximum absolute atomic E-state index is 11.8. The maximum atomic E-state index is 11.8. The Morgan fingerprint density at radius 2 is 1.61 bits per heavy atom. The first-order valence-corrected chi connectivity index (χ1v) is 6.95. The van der Waals surface area contributed by atoms with Crippen LogP contribution in [-0.2, 0) is 16.0 Å². The number of aliphatic hydroxyl groups is 1. The number of rotatable bonds is 6. The lowest BCUT2D eigenvalue weighted by Gasteiger charge is -2.17. The number of carbonyl (C=O) groups is 2. The lowest BCUT2D eigenvalue weighted by molar-refractivity contribution is -0.115. The van der Waals surface area contributed by atoms with Crippen molar-refractivity contribution in [3.8, 4) is 17.2 Å². The summed E-state index contributed by atoms with van der Waals surface area (Å²) in [6.07, 6.45) is 2.54. The van der Waals surface area contributed by atoms with Crippen molar-refractivity contribution in [2.75, 3.05) is 21.3 Å². The zero-order valence-corrected chi connectivity index (χ0v) is 13.2. The van der Waals surface area contributed by atoms with Crippen LogP contribution in [0.1, 0.15) is 5.56 Å². The van der Waals surface area contributed by atoms with E-state index in [0.717, 1.165) is 12.2 Å². The van der Waals surface area contributed by atoms with E-state index in [-0.39, 0.29) is 23.6 Å². The third kappa shape index (κ3) is 3.60. The Kier molecular flexibility index (Phi) is 5.18. The van der Waals surface area contributed by atoms with Crippen molar-refractivity contribution >= 4 is 11.6 Å². The van der Waals surface area contributed by atoms with E-state index < -0.39 is 6.10 Å². The van der Waals surface area contributed by atoms with E-state index in [1.807, 2.05) is 0 Å². The normalized spacial score (nSPS) is 15.2. The summed E-state index contributed by atoms with van der Waals surface area (Å²) in [4.78, 5) is 23.2. The molecule has 0 fully saturated rings. The summed E-state index contributed by atoms with van der Waals surface area (Å²) in [5.41, 5.74) is 0.758. The highest BCUT2D eigenvalue weighted by molar-refractivity contribution is 6.17. The van der Waals surface area contributed by atoms with Gasteiger partial charge in [-0.25, -0.2) is 0 Å². The average Bonchev–Trinajstić information content (AvgIpc) is 2.55. The summed E-state index contributed by atoms with van der Waals surface area (Å²) < 4.78 is 15.7. The molecule has 0 saturated heterocycles. The highest BCUT2D eigenvalue weighted by Gasteiger charge is 2.22. The second kappa shape index (κ2) is 7.11. The second-order valence-corrected chi connectivity index (χ2v) is 4.95. The van der Waals surface area contributed by atoms with Crippen molar-refractivity contribution in [1.82, 2.24) is 0 Å². The Morgan fingerprint density at radius 1 is 1.00 bits per heavy atom. The van der Waals surface area contributed by atoms with Gasteiger partial charge in [0.15, 0.2) is 23.1 Å². The van der Waals surface area contributed by atoms with Crippen molar-refractivity contribution in [2.45, 2.75) is 12.5 Å². The summed E-state index contributed by atoms with van der Waals surface area (Å²) in [6, 6.07) is 3.38. The van der Waals surface area contributed by atoms with Gasteiger partial charge in [-0.1, -0.05) is 0 Å². The first-order valence-electron chi connectivity index (χ1n) is 6.95. The van der Waals surface area contributed by atoms with Crippen molar-refractivity contribution in [1.29, 1.82) is 0 Å². The Labute approximate surface area is 134 Å². The van der Waals surface area contributed by atoms with Crippen molar-refractivity contribution in [3.63, 3.8) is 0 Å². The molecule has 0 radical (unpaired) electrons. The molecule has 2 rings (SSSR count). The van der Waals surface area contributed by atoms with Crippen LogP contribution in [0.5, 0.6) is 17.2 Å². The number of hydrogen-bond donors (Lipinski definition) is 1. The molecule has 1 aromatic rings. The van der Waals surface area contributed by atoms with Crippen LogP contribution < -0.4 is 14.2 Å². The van der Waals surface area contributed by atoms with Crippen LogP contribution >= 0.6 is 0 Å². The van der Waals surface area contributed by atoms with Crippen LogP contribution in [0, 0.1) is 0 Å². The number of benzene rings is 1. The van der Waals surface area contributed by atoms with Gasteiger partial charge >= 0.3 is 0 Å². The van der Waals surface area contributed by atoms with Crippen LogP contribution in [0.4, 0.5) is 0 Å². The first kappa shape index (κ1) is 16.8. The number of ketones is 2. The quantitative estimate of drug-likeness (QED) is 0.795. The van der Waals surface area contributed by atoms with Gasteiger partial charge in [0.25, 0.3) is 0 Å². The molecule has 1 atom stereocenters. The minimum absolute atomic E-state index is 0.0752. The van der Waals surface area contributed by atoms with E-state index in [1.54, 1.807) is 12.1 Å². The molecule has 0 bridgehead atoms. The molecule has 1 aromatic carbocycles. The molecule has 0 saturated carbocycles. The molecule has 6 heteroatoms. The zero-order valence-electron chi connectivity index (χ0n) is 13.2. The summed E-state index contributed by atoms with van der Waals surface area (Å²) in [5, 5.41) is 10.3. The van der Waals surface area contributed by atoms with Gasteiger partial charge in [-0.05, 0) is 35.9 Å². The van der Waals surface area contributed by atoms with E-state index in [2.05, 4.69) is 0 Å². The van der Waals surface area contributed by atoms with Crippen molar-refractivity contribution < 1.29 is 28.9 Å². The fourth-order valence-electron chi connectivity index (χ4n) is 2.37. The molecule has 6 nitrogen and oxygen atoms in total. The monoisotopic (exact) mass is 318 g/mol. The molecule has 0 aromatic heterocycles. The average molecular weight is 318 g/mol. The van der Waals surface area contributed by atoms with Gasteiger partial charge in [0.2, 0.25) is 5.75 Å². The van der Waals surface area contributed by atoms with Crippen molar-refractivity contribution in [3.05, 3.63) is 41.5 Å². The van der Waals surface area contributed by atoms with Gasteiger partial charge < -0.3 is 19.3 Å². The van der Waals surface area contributed by atoms with Gasteiger partial charge in [0, 0.05) is 12.0 Å². The second-order valence-electron chi connectivity index (χ2n) is 4.95. The number of carbonyl (C=O) groups excluding carboxylic acids is 2. The van der Waals surface area contributed by atoms with Crippen LogP contribution in [0.25, 0.3) is 0 Å². The van der Waals surface area contributed by atoms with Gasteiger partial charge in [-0.15, -0.1) is 0 Å². The molecular formula is C17H18O6. The standard InChI is InChI=1S/C17H18O6/c1-21-15-7-10(8-16(22-2)17(15)23-3)6-14(20)12-9-11(18)4-5-13(12)19/h4-5,7-9,14,20H,6H2,1-3H3. The summed E-state index contributed by atoms with van der Waals surface area (Å²) in [5.74, 6) is 0.662. The van der Waals surface area contributed by atoms with Gasteiger partial charge in [-0.3, -0.25) is 9.59 Å². The number of aliphatic hydroxyl groups excluding tert-OH is 1. The van der Waals surface area contributed by atoms with E-state index in [1.165, 1.54) is 27.4 Å². The third-order valence-corrected chi connectivity index (χ3v) is 3.49. The molecule has 122 valence electrons. The van der Waals surface area contributed by atoms with Crippen molar-refractivity contribution in [2.24, 2.45) is 0 Å². The van der Waals surface area contributed by atoms with E-state index in [0.29, 0.717) is 22.8 Å². The molecule has 0 heterocycles. The first-order chi connectivity index (χ1) is 11.0. The smallest absolute Gasteiger partial charge is 0.203 e. The molecule has 0 spiro atoms. The van der Waals surface area contributed by atoms with Crippen LogP contribution in [0.3, 0.4) is 0 Å². The van der Waals surface area contributed by atoms with Crippen LogP contribution in [-0.4, -0.2) is 44.1 Å². The number of hydrogen-bond acceptors (Lipinski definition) is 6. The maximum Gasteiger partial charge on any atom is 0.203 e. The Balaban J connectivity index is 2.29. The predicted molar refractivity (Wildman–Crippen MR) is 83.0 cm³/mol. The number of allylic oxidation sites excluding steroid dienone is 3. The zero-order chi connectivity index (χ0) is 17.0. The van der Waals surface area contributed by atoms with Gasteiger partial charge in [0.05, 0.1) is 27.4 Å². The molecule has 0 amide bonds. The molecular weight excluding hydrogens is 300 g/mol. The van der Waals surface area contributed by atoms with Gasteiger partial charge in [0.1, 0.15) is 0 Å². The molecule has 1 N–H and O–H groups in total. The van der Waals surface area contributed by atoms with Crippen LogP contribution in [0.15, 0.2) is 35.9 Å². The summed E-state index contributed by atoms with van der Waals surface area (Å²) in [6.45, 7) is 0. The molecule has 1 aliphatic rings. The molecule has 1 unspecified atom stereocenters. The fourth-order valence-corrected chi connectivity index (χ4v) is 2.37. The minimum atomic E-state index is -1.10.